The van der Waals surface area contributed by atoms with Gasteiger partial charge in [-0.15, -0.1) is 0 Å². The minimum atomic E-state index is -0.922. The van der Waals surface area contributed by atoms with Crippen LogP contribution in [0.3, 0.4) is 0 Å². The highest BCUT2D eigenvalue weighted by molar-refractivity contribution is 5.95. The molecule has 1 fully saturated rings. The fourth-order valence-corrected chi connectivity index (χ4v) is 2.63. The van der Waals surface area contributed by atoms with Crippen molar-refractivity contribution in [2.45, 2.75) is 32.8 Å². The van der Waals surface area contributed by atoms with Gasteiger partial charge >= 0.3 is 5.97 Å². The van der Waals surface area contributed by atoms with Crippen LogP contribution in [0.15, 0.2) is 24.3 Å². The first-order chi connectivity index (χ1) is 10.9. The second-order valence-electron chi connectivity index (χ2n) is 5.86. The number of piperidine rings is 1. The van der Waals surface area contributed by atoms with Gasteiger partial charge in [-0.05, 0) is 38.3 Å². The predicted molar refractivity (Wildman–Crippen MR) is 84.6 cm³/mol. The molecule has 1 saturated heterocycles. The van der Waals surface area contributed by atoms with Crippen LogP contribution in [-0.2, 0) is 14.3 Å². The van der Waals surface area contributed by atoms with Crippen molar-refractivity contribution in [3.63, 3.8) is 0 Å². The summed E-state index contributed by atoms with van der Waals surface area (Å²) in [5.41, 5.74) is 6.71. The highest BCUT2D eigenvalue weighted by atomic mass is 16.5. The molecule has 1 unspecified atom stereocenters. The summed E-state index contributed by atoms with van der Waals surface area (Å²) in [7, 11) is 0. The van der Waals surface area contributed by atoms with E-state index in [4.69, 9.17) is 10.5 Å². The largest absolute Gasteiger partial charge is 0.452 e. The molecule has 0 aromatic heterocycles. The van der Waals surface area contributed by atoms with Gasteiger partial charge in [-0.1, -0.05) is 18.2 Å². The third-order valence-corrected chi connectivity index (χ3v) is 4.18. The van der Waals surface area contributed by atoms with E-state index in [0.717, 1.165) is 5.56 Å². The molecule has 0 aliphatic carbocycles. The summed E-state index contributed by atoms with van der Waals surface area (Å²) >= 11 is 0. The molecule has 1 aromatic rings. The van der Waals surface area contributed by atoms with Crippen LogP contribution in [-0.4, -0.2) is 41.9 Å². The monoisotopic (exact) mass is 318 g/mol. The standard InChI is InChI=1S/C17H22N2O4/c1-11-5-3-4-6-14(11)16(21)19-9-7-13(8-10-19)17(22)23-12(2)15(18)20/h3-6,12-13H,7-10H2,1-2H3,(H2,18,20). The van der Waals surface area contributed by atoms with Crippen molar-refractivity contribution in [2.75, 3.05) is 13.1 Å². The molecule has 2 N–H and O–H groups in total. The van der Waals surface area contributed by atoms with Crippen LogP contribution in [0.5, 0.6) is 0 Å². The maximum Gasteiger partial charge on any atom is 0.309 e. The molecule has 2 rings (SSSR count). The molecule has 1 aromatic carbocycles. The summed E-state index contributed by atoms with van der Waals surface area (Å²) in [6.45, 7) is 4.36. The Bertz CT molecular complexity index is 606. The lowest BCUT2D eigenvalue weighted by atomic mass is 9.96. The highest BCUT2D eigenvalue weighted by Crippen LogP contribution is 2.21. The fourth-order valence-electron chi connectivity index (χ4n) is 2.63. The van der Waals surface area contributed by atoms with E-state index in [9.17, 15) is 14.4 Å². The van der Waals surface area contributed by atoms with Gasteiger partial charge in [-0.3, -0.25) is 14.4 Å². The first kappa shape index (κ1) is 17.0. The minimum Gasteiger partial charge on any atom is -0.452 e. The number of likely N-dealkylation sites (tertiary alicyclic amines) is 1. The van der Waals surface area contributed by atoms with E-state index in [1.54, 1.807) is 4.90 Å². The molecule has 2 amide bonds. The molecule has 1 aliphatic rings. The van der Waals surface area contributed by atoms with Crippen molar-refractivity contribution < 1.29 is 19.1 Å². The Morgan fingerprint density at radius 2 is 1.83 bits per heavy atom. The summed E-state index contributed by atoms with van der Waals surface area (Å²) in [5, 5.41) is 0. The van der Waals surface area contributed by atoms with E-state index in [1.165, 1.54) is 6.92 Å². The molecule has 0 bridgehead atoms. The van der Waals surface area contributed by atoms with Gasteiger partial charge in [-0.25, -0.2) is 0 Å². The van der Waals surface area contributed by atoms with Gasteiger partial charge in [0.05, 0.1) is 5.92 Å². The molecular weight excluding hydrogens is 296 g/mol. The molecule has 23 heavy (non-hydrogen) atoms. The van der Waals surface area contributed by atoms with Gasteiger partial charge in [0.25, 0.3) is 11.8 Å². The van der Waals surface area contributed by atoms with E-state index >= 15 is 0 Å². The Labute approximate surface area is 135 Å². The number of carbonyl (C=O) groups is 3. The second kappa shape index (κ2) is 7.26. The number of hydrogen-bond acceptors (Lipinski definition) is 4. The van der Waals surface area contributed by atoms with Gasteiger partial charge in [0, 0.05) is 18.7 Å². The Kier molecular flexibility index (Phi) is 5.36. The summed E-state index contributed by atoms with van der Waals surface area (Å²) in [5.74, 6) is -1.39. The Hall–Kier alpha value is -2.37. The third-order valence-electron chi connectivity index (χ3n) is 4.18. The normalized spacial score (nSPS) is 16.7. The van der Waals surface area contributed by atoms with Crippen LogP contribution in [0.1, 0.15) is 35.7 Å². The summed E-state index contributed by atoms with van der Waals surface area (Å²) in [4.78, 5) is 37.2. The first-order valence-corrected chi connectivity index (χ1v) is 7.75. The topological polar surface area (TPSA) is 89.7 Å². The molecule has 124 valence electrons. The zero-order valence-electron chi connectivity index (χ0n) is 13.5. The van der Waals surface area contributed by atoms with Crippen LogP contribution in [0.25, 0.3) is 0 Å². The molecular formula is C17H22N2O4. The quantitative estimate of drug-likeness (QED) is 0.846. The zero-order chi connectivity index (χ0) is 17.0. The highest BCUT2D eigenvalue weighted by Gasteiger charge is 2.30. The Morgan fingerprint density at radius 3 is 2.39 bits per heavy atom. The minimum absolute atomic E-state index is 0.0135. The zero-order valence-corrected chi connectivity index (χ0v) is 13.5. The Morgan fingerprint density at radius 1 is 1.22 bits per heavy atom. The average molecular weight is 318 g/mol. The molecule has 0 saturated carbocycles. The maximum absolute atomic E-state index is 12.5. The molecule has 0 radical (unpaired) electrons. The van der Waals surface area contributed by atoms with E-state index in [1.807, 2.05) is 31.2 Å². The lowest BCUT2D eigenvalue weighted by Gasteiger charge is -2.31. The molecule has 1 atom stereocenters. The molecule has 1 heterocycles. The van der Waals surface area contributed by atoms with Gasteiger partial charge in [0.1, 0.15) is 0 Å². The predicted octanol–water partition coefficient (Wildman–Crippen LogP) is 1.26. The van der Waals surface area contributed by atoms with Gasteiger partial charge < -0.3 is 15.4 Å². The number of hydrogen-bond donors (Lipinski definition) is 1. The third kappa shape index (κ3) is 4.09. The van der Waals surface area contributed by atoms with Crippen LogP contribution >= 0.6 is 0 Å². The van der Waals surface area contributed by atoms with Gasteiger partial charge in [0.15, 0.2) is 6.10 Å². The molecule has 1 aliphatic heterocycles. The Balaban J connectivity index is 1.91. The number of nitrogens with zero attached hydrogens (tertiary/aromatic N) is 1. The molecule has 0 spiro atoms. The summed E-state index contributed by atoms with van der Waals surface area (Å²) < 4.78 is 5.03. The summed E-state index contributed by atoms with van der Waals surface area (Å²) in [6, 6.07) is 7.46. The lowest BCUT2D eigenvalue weighted by Crippen LogP contribution is -2.42. The number of amides is 2. The maximum atomic E-state index is 12.5. The SMILES string of the molecule is Cc1ccccc1C(=O)N1CCC(C(=O)OC(C)C(N)=O)CC1. The molecule has 6 heteroatoms. The molecule has 6 nitrogen and oxygen atoms in total. The van der Waals surface area contributed by atoms with Crippen LogP contribution in [0.2, 0.25) is 0 Å². The number of esters is 1. The number of carbonyl (C=O) groups excluding carboxylic acids is 3. The van der Waals surface area contributed by atoms with Crippen LogP contribution < -0.4 is 5.73 Å². The number of nitrogens with two attached hydrogens (primary N) is 1. The van der Waals surface area contributed by atoms with Crippen LogP contribution in [0.4, 0.5) is 0 Å². The van der Waals surface area contributed by atoms with Crippen molar-refractivity contribution >= 4 is 17.8 Å². The number of primary amides is 1. The van der Waals surface area contributed by atoms with E-state index in [0.29, 0.717) is 31.5 Å². The van der Waals surface area contributed by atoms with Gasteiger partial charge in [0.2, 0.25) is 0 Å². The number of ether oxygens (including phenoxy) is 1. The van der Waals surface area contributed by atoms with Crippen molar-refractivity contribution in [3.05, 3.63) is 35.4 Å². The van der Waals surface area contributed by atoms with Crippen molar-refractivity contribution in [3.8, 4) is 0 Å². The average Bonchev–Trinajstić information content (AvgIpc) is 2.54. The van der Waals surface area contributed by atoms with Crippen LogP contribution in [0, 0.1) is 12.8 Å². The number of rotatable bonds is 4. The second-order valence-corrected chi connectivity index (χ2v) is 5.86. The first-order valence-electron chi connectivity index (χ1n) is 7.75. The fraction of sp³-hybridized carbons (Fsp3) is 0.471. The number of aryl methyl sites for hydroxylation is 1. The van der Waals surface area contributed by atoms with Crippen molar-refractivity contribution in [1.82, 2.24) is 4.90 Å². The smallest absolute Gasteiger partial charge is 0.309 e. The van der Waals surface area contributed by atoms with Gasteiger partial charge in [-0.2, -0.15) is 0 Å². The van der Waals surface area contributed by atoms with Crippen molar-refractivity contribution in [1.29, 1.82) is 0 Å². The van der Waals surface area contributed by atoms with Crippen molar-refractivity contribution in [2.24, 2.45) is 11.7 Å². The van der Waals surface area contributed by atoms with E-state index in [-0.39, 0.29) is 11.8 Å². The van der Waals surface area contributed by atoms with E-state index < -0.39 is 18.0 Å². The summed E-state index contributed by atoms with van der Waals surface area (Å²) in [6.07, 6.45) is 0.137. The van der Waals surface area contributed by atoms with E-state index in [2.05, 4.69) is 0 Å². The number of benzene rings is 1. The lowest BCUT2D eigenvalue weighted by molar-refractivity contribution is -0.159.